The molecule has 0 unspecified atom stereocenters. The van der Waals surface area contributed by atoms with Gasteiger partial charge in [0.1, 0.15) is 0 Å². The third-order valence-corrected chi connectivity index (χ3v) is 16.1. The molecular formula is C53H78N2O8S2. The second-order valence-corrected chi connectivity index (χ2v) is 21.4. The Morgan fingerprint density at radius 1 is 0.385 bits per heavy atom. The number of benzene rings is 4. The monoisotopic (exact) mass is 935 g/mol. The molecule has 0 aromatic heterocycles. The molecule has 0 aliphatic carbocycles. The summed E-state index contributed by atoms with van der Waals surface area (Å²) in [6.45, 7) is 10.8. The van der Waals surface area contributed by atoms with E-state index in [4.69, 9.17) is 18.9 Å². The number of ether oxygens (including phenoxy) is 4. The molecule has 4 aromatic rings. The maximum atomic E-state index is 14.2. The molecule has 0 heterocycles. The molecule has 4 rings (SSSR count). The van der Waals surface area contributed by atoms with Crippen molar-refractivity contribution in [2.75, 3.05) is 26.4 Å². The number of rotatable bonds is 34. The molecule has 0 radical (unpaired) electrons. The van der Waals surface area contributed by atoms with Crippen LogP contribution < -0.4 is 18.9 Å². The van der Waals surface area contributed by atoms with Crippen LogP contribution in [0.3, 0.4) is 0 Å². The maximum absolute atomic E-state index is 14.2. The van der Waals surface area contributed by atoms with Gasteiger partial charge in [-0.25, -0.2) is 16.8 Å². The highest BCUT2D eigenvalue weighted by molar-refractivity contribution is 8.31. The Bertz CT molecular complexity index is 2150. The highest BCUT2D eigenvalue weighted by atomic mass is 32.3. The Labute approximate surface area is 391 Å². The van der Waals surface area contributed by atoms with Crippen LogP contribution in [0, 0.1) is 0 Å². The van der Waals surface area contributed by atoms with Crippen molar-refractivity contribution in [3.63, 3.8) is 0 Å². The lowest BCUT2D eigenvalue weighted by molar-refractivity contribution is 0.00380. The maximum Gasteiger partial charge on any atom is 0.504 e. The molecule has 0 spiro atoms. The quantitative estimate of drug-likeness (QED) is 0.0148. The summed E-state index contributed by atoms with van der Waals surface area (Å²) in [5.41, 5.74) is 10.2. The Hall–Kier alpha value is -4.12. The van der Waals surface area contributed by atoms with Gasteiger partial charge in [0.2, 0.25) is 0 Å². The SMILES string of the molecule is CCCCCCCCOc1cc2ccc(S(=O)(=O)C(=[N+]=[N-])S(=O)(=O)c3ccc4cc(OCCCCCCCC)c(OCCCCCCCC)cc4c3)cc2cc1OCCCCCCCC. The fraction of sp³-hybridized carbons (Fsp3) is 0.604. The molecule has 0 aliphatic heterocycles. The molecule has 12 heteroatoms. The zero-order valence-corrected chi connectivity index (χ0v) is 41.7. The van der Waals surface area contributed by atoms with Crippen LogP contribution in [-0.4, -0.2) is 52.4 Å². The Morgan fingerprint density at radius 3 is 0.923 bits per heavy atom. The minimum Gasteiger partial charge on any atom is -0.490 e. The smallest absolute Gasteiger partial charge is 0.490 e. The predicted octanol–water partition coefficient (Wildman–Crippen LogP) is 14.8. The van der Waals surface area contributed by atoms with Crippen LogP contribution in [0.25, 0.3) is 27.1 Å². The minimum absolute atomic E-state index is 0.331. The lowest BCUT2D eigenvalue weighted by atomic mass is 10.1. The van der Waals surface area contributed by atoms with Gasteiger partial charge in [0.15, 0.2) is 23.0 Å². The molecule has 0 amide bonds. The van der Waals surface area contributed by atoms with Crippen molar-refractivity contribution in [3.05, 3.63) is 66.2 Å². The first-order valence-electron chi connectivity index (χ1n) is 25.0. The topological polar surface area (TPSA) is 142 Å². The summed E-state index contributed by atoms with van der Waals surface area (Å²) in [7, 11) is -9.70. The van der Waals surface area contributed by atoms with Crippen LogP contribution in [0.1, 0.15) is 182 Å². The lowest BCUT2D eigenvalue weighted by Crippen LogP contribution is -2.26. The van der Waals surface area contributed by atoms with Gasteiger partial charge in [0.05, 0.1) is 36.2 Å². The van der Waals surface area contributed by atoms with Crippen LogP contribution in [-0.2, 0) is 19.7 Å². The molecule has 10 nitrogen and oxygen atoms in total. The molecule has 65 heavy (non-hydrogen) atoms. The van der Waals surface area contributed by atoms with E-state index in [1.165, 1.54) is 101 Å². The number of hydrogen-bond acceptors (Lipinski definition) is 8. The minimum atomic E-state index is -4.85. The van der Waals surface area contributed by atoms with E-state index in [1.807, 2.05) is 12.1 Å². The van der Waals surface area contributed by atoms with Crippen molar-refractivity contribution in [1.82, 2.24) is 0 Å². The van der Waals surface area contributed by atoms with E-state index in [-0.39, 0.29) is 9.79 Å². The molecule has 0 N–H and O–H groups in total. The molecule has 0 saturated heterocycles. The van der Waals surface area contributed by atoms with Crippen LogP contribution >= 0.6 is 0 Å². The van der Waals surface area contributed by atoms with E-state index in [9.17, 15) is 22.4 Å². The van der Waals surface area contributed by atoms with E-state index in [0.29, 0.717) is 71.0 Å². The van der Waals surface area contributed by atoms with E-state index in [0.717, 1.165) is 77.0 Å². The van der Waals surface area contributed by atoms with E-state index in [2.05, 4.69) is 32.5 Å². The molecule has 0 bridgehead atoms. The molecule has 360 valence electrons. The summed E-state index contributed by atoms with van der Waals surface area (Å²) < 4.78 is 80.4. The molecule has 0 fully saturated rings. The zero-order valence-electron chi connectivity index (χ0n) is 40.0. The van der Waals surface area contributed by atoms with Crippen molar-refractivity contribution >= 4 is 45.6 Å². The third-order valence-electron chi connectivity index (χ3n) is 11.9. The van der Waals surface area contributed by atoms with Crippen molar-refractivity contribution < 1.29 is 40.6 Å². The first-order chi connectivity index (χ1) is 31.6. The summed E-state index contributed by atoms with van der Waals surface area (Å²) in [5.74, 6) is 2.16. The highest BCUT2D eigenvalue weighted by Gasteiger charge is 2.44. The van der Waals surface area contributed by atoms with Gasteiger partial charge < -0.3 is 24.5 Å². The van der Waals surface area contributed by atoms with Crippen molar-refractivity contribution in [2.45, 2.75) is 192 Å². The predicted molar refractivity (Wildman–Crippen MR) is 266 cm³/mol. The highest BCUT2D eigenvalue weighted by Crippen LogP contribution is 2.37. The fourth-order valence-electron chi connectivity index (χ4n) is 7.97. The Balaban J connectivity index is 1.58. The first kappa shape index (κ1) is 53.5. The average Bonchev–Trinajstić information content (AvgIpc) is 3.30. The fourth-order valence-corrected chi connectivity index (χ4v) is 11.4. The number of sulfone groups is 2. The van der Waals surface area contributed by atoms with Gasteiger partial charge >= 0.3 is 4.38 Å². The lowest BCUT2D eigenvalue weighted by Gasteiger charge is -2.15. The van der Waals surface area contributed by atoms with Crippen molar-refractivity contribution in [3.8, 4) is 23.0 Å². The van der Waals surface area contributed by atoms with E-state index < -0.39 is 24.1 Å². The summed E-state index contributed by atoms with van der Waals surface area (Å²) >= 11 is 0. The summed E-state index contributed by atoms with van der Waals surface area (Å²) in [4.78, 5) is 2.28. The Morgan fingerprint density at radius 2 is 0.646 bits per heavy atom. The van der Waals surface area contributed by atoms with Gasteiger partial charge in [0, 0.05) is 0 Å². The van der Waals surface area contributed by atoms with Gasteiger partial charge in [0.25, 0.3) is 19.7 Å². The summed E-state index contributed by atoms with van der Waals surface area (Å²) in [6.07, 6.45) is 26.8. The van der Waals surface area contributed by atoms with Gasteiger partial charge in [-0.15, -0.1) is 4.79 Å². The second-order valence-electron chi connectivity index (χ2n) is 17.5. The average molecular weight is 935 g/mol. The van der Waals surface area contributed by atoms with Crippen LogP contribution in [0.4, 0.5) is 0 Å². The van der Waals surface area contributed by atoms with E-state index >= 15 is 0 Å². The van der Waals surface area contributed by atoms with Crippen molar-refractivity contribution in [1.29, 1.82) is 0 Å². The molecule has 4 aromatic carbocycles. The number of unbranched alkanes of at least 4 members (excludes halogenated alkanes) is 20. The largest absolute Gasteiger partial charge is 0.504 e. The first-order valence-corrected chi connectivity index (χ1v) is 28.0. The molecule has 0 atom stereocenters. The van der Waals surface area contributed by atoms with Crippen LogP contribution in [0.15, 0.2) is 70.5 Å². The standard InChI is InChI=1S/C53H78N2O8S2/c1-5-9-13-17-21-25-33-60-49-39-43-29-31-47(37-45(43)41-51(49)62-35-27-23-19-15-11-7-3)64(56,57)53(55-54)65(58,59)48-32-30-44-40-50(61-34-26-22-18-14-10-6-2)52(42-46(44)38-48)63-36-28-24-20-16-12-8-4/h29-32,37-42H,5-28,33-36H2,1-4H3. The van der Waals surface area contributed by atoms with Crippen LogP contribution in [0.2, 0.25) is 0 Å². The molecule has 0 aliphatic rings. The zero-order chi connectivity index (χ0) is 46.8. The number of nitrogens with zero attached hydrogens (tertiary/aromatic N) is 2. The van der Waals surface area contributed by atoms with Gasteiger partial charge in [-0.2, -0.15) is 0 Å². The molecule has 0 saturated carbocycles. The Kier molecular flexibility index (Phi) is 24.3. The third kappa shape index (κ3) is 17.2. The second kappa shape index (κ2) is 29.5. The van der Waals surface area contributed by atoms with Gasteiger partial charge in [-0.3, -0.25) is 0 Å². The van der Waals surface area contributed by atoms with Crippen LogP contribution in [0.5, 0.6) is 23.0 Å². The van der Waals surface area contributed by atoms with E-state index in [1.54, 1.807) is 24.3 Å². The number of hydrogen-bond donors (Lipinski definition) is 0. The van der Waals surface area contributed by atoms with Crippen molar-refractivity contribution in [2.24, 2.45) is 0 Å². The molecular weight excluding hydrogens is 857 g/mol. The van der Waals surface area contributed by atoms with Gasteiger partial charge in [-0.1, -0.05) is 168 Å². The van der Waals surface area contributed by atoms with Gasteiger partial charge in [-0.05, 0) is 95.8 Å². The number of fused-ring (bicyclic) bond motifs is 2. The summed E-state index contributed by atoms with van der Waals surface area (Å²) in [5, 5.41) is 2.41. The summed E-state index contributed by atoms with van der Waals surface area (Å²) in [6, 6.07) is 15.8. The normalized spacial score (nSPS) is 11.8.